The molecule has 1 rings (SSSR count). The number of hydrogen-bond donors (Lipinski definition) is 0. The van der Waals surface area contributed by atoms with Crippen molar-refractivity contribution in [1.82, 2.24) is 0 Å². The first-order valence-corrected chi connectivity index (χ1v) is 8.21. The molecule has 21 heavy (non-hydrogen) atoms. The molecule has 0 aliphatic heterocycles. The quantitative estimate of drug-likeness (QED) is 0.674. The van der Waals surface area contributed by atoms with Crippen LogP contribution < -0.4 is 0 Å². The molecule has 1 aromatic carbocycles. The molecule has 0 radical (unpaired) electrons. The third-order valence-electron chi connectivity index (χ3n) is 2.53. The van der Waals surface area contributed by atoms with Gasteiger partial charge in [-0.1, -0.05) is 36.4 Å². The summed E-state index contributed by atoms with van der Waals surface area (Å²) in [6.45, 7) is 5.46. The molecule has 0 heterocycles. The summed E-state index contributed by atoms with van der Waals surface area (Å²) >= 11 is 0. The van der Waals surface area contributed by atoms with Crippen LogP contribution in [0.1, 0.15) is 26.3 Å². The lowest BCUT2D eigenvalue weighted by Gasteiger charge is -2.19. The zero-order chi connectivity index (χ0) is 15.7. The fraction of sp³-hybridized carbons (Fsp3) is 0.400. The molecular weight excluding hydrogens is 289 g/mol. The molecule has 0 amide bonds. The predicted molar refractivity (Wildman–Crippen MR) is 81.4 cm³/mol. The maximum atomic E-state index is 12.3. The Balaban J connectivity index is 2.90. The van der Waals surface area contributed by atoms with Crippen LogP contribution >= 0.6 is 7.82 Å². The first kappa shape index (κ1) is 17.6. The second kappa shape index (κ2) is 8.76. The van der Waals surface area contributed by atoms with Gasteiger partial charge in [-0.15, -0.1) is 0 Å². The lowest BCUT2D eigenvalue weighted by molar-refractivity contribution is 0.113. The number of nitrogens with zero attached hydrogens (tertiary/aromatic N) is 1. The largest absolute Gasteiger partial charge is 0.476 e. The van der Waals surface area contributed by atoms with Crippen LogP contribution in [0.5, 0.6) is 0 Å². The first-order valence-electron chi connectivity index (χ1n) is 6.75. The van der Waals surface area contributed by atoms with E-state index in [1.807, 2.05) is 36.4 Å². The molecule has 1 aromatic rings. The van der Waals surface area contributed by atoms with E-state index in [1.54, 1.807) is 26.8 Å². The summed E-state index contributed by atoms with van der Waals surface area (Å²) in [4.78, 5) is 0. The topological polar surface area (TPSA) is 68.6 Å². The van der Waals surface area contributed by atoms with Crippen LogP contribution in [0.3, 0.4) is 0 Å². The second-order valence-electron chi connectivity index (χ2n) is 4.20. The number of nitriles is 1. The molecule has 0 aliphatic carbocycles. The van der Waals surface area contributed by atoms with Gasteiger partial charge >= 0.3 is 7.82 Å². The average Bonchev–Trinajstić information content (AvgIpc) is 2.46. The van der Waals surface area contributed by atoms with E-state index < -0.39 is 13.9 Å². The Bertz CT molecular complexity index is 541. The van der Waals surface area contributed by atoms with Crippen molar-refractivity contribution in [2.24, 2.45) is 0 Å². The Morgan fingerprint density at radius 1 is 1.29 bits per heavy atom. The molecule has 0 aromatic heterocycles. The van der Waals surface area contributed by atoms with Crippen molar-refractivity contribution in [3.63, 3.8) is 0 Å². The minimum Gasteiger partial charge on any atom is -0.287 e. The minimum atomic E-state index is -3.71. The SMILES string of the molecule is CCOP(=O)(OCC)OC(C#N)/C(C)=C/c1ccccc1. The van der Waals surface area contributed by atoms with Gasteiger partial charge in [-0.25, -0.2) is 4.57 Å². The number of benzene rings is 1. The molecule has 1 atom stereocenters. The van der Waals surface area contributed by atoms with Gasteiger partial charge in [0.1, 0.15) is 0 Å². The van der Waals surface area contributed by atoms with Gasteiger partial charge in [-0.05, 0) is 31.9 Å². The van der Waals surface area contributed by atoms with E-state index in [1.165, 1.54) is 0 Å². The Morgan fingerprint density at radius 3 is 2.33 bits per heavy atom. The highest BCUT2D eigenvalue weighted by Crippen LogP contribution is 2.51. The van der Waals surface area contributed by atoms with E-state index in [-0.39, 0.29) is 13.2 Å². The normalized spacial score (nSPS) is 13.7. The lowest BCUT2D eigenvalue weighted by Crippen LogP contribution is -2.13. The average molecular weight is 309 g/mol. The molecule has 114 valence electrons. The molecule has 0 saturated heterocycles. The molecule has 0 N–H and O–H groups in total. The van der Waals surface area contributed by atoms with Crippen molar-refractivity contribution in [2.45, 2.75) is 26.9 Å². The Morgan fingerprint density at radius 2 is 1.86 bits per heavy atom. The number of phosphoric acid groups is 1. The van der Waals surface area contributed by atoms with Gasteiger partial charge in [0, 0.05) is 0 Å². The zero-order valence-electron chi connectivity index (χ0n) is 12.5. The van der Waals surface area contributed by atoms with Crippen LogP contribution in [-0.4, -0.2) is 19.3 Å². The third kappa shape index (κ3) is 5.82. The highest BCUT2D eigenvalue weighted by molar-refractivity contribution is 7.48. The highest BCUT2D eigenvalue weighted by atomic mass is 31.2. The Labute approximate surface area is 125 Å². The van der Waals surface area contributed by atoms with Gasteiger partial charge in [0.05, 0.1) is 19.3 Å². The van der Waals surface area contributed by atoms with Crippen LogP contribution in [0.15, 0.2) is 35.9 Å². The van der Waals surface area contributed by atoms with Crippen molar-refractivity contribution in [1.29, 1.82) is 5.26 Å². The highest BCUT2D eigenvalue weighted by Gasteiger charge is 2.30. The molecule has 0 saturated carbocycles. The van der Waals surface area contributed by atoms with E-state index >= 15 is 0 Å². The van der Waals surface area contributed by atoms with E-state index in [2.05, 4.69) is 0 Å². The van der Waals surface area contributed by atoms with Crippen molar-refractivity contribution in [3.05, 3.63) is 41.5 Å². The summed E-state index contributed by atoms with van der Waals surface area (Å²) in [5.74, 6) is 0. The zero-order valence-corrected chi connectivity index (χ0v) is 13.4. The number of rotatable bonds is 8. The maximum Gasteiger partial charge on any atom is 0.476 e. The second-order valence-corrected chi connectivity index (χ2v) is 5.82. The molecular formula is C15H20NO4P. The minimum absolute atomic E-state index is 0.177. The Hall–Kier alpha value is -1.44. The molecule has 0 spiro atoms. The van der Waals surface area contributed by atoms with Crippen LogP contribution in [0.4, 0.5) is 0 Å². The predicted octanol–water partition coefficient (Wildman–Crippen LogP) is 4.18. The smallest absolute Gasteiger partial charge is 0.287 e. The van der Waals surface area contributed by atoms with E-state index in [0.29, 0.717) is 5.57 Å². The molecule has 0 aliphatic rings. The van der Waals surface area contributed by atoms with Gasteiger partial charge in [0.25, 0.3) is 0 Å². The number of hydrogen-bond acceptors (Lipinski definition) is 5. The molecule has 0 bridgehead atoms. The third-order valence-corrected chi connectivity index (χ3v) is 4.15. The summed E-state index contributed by atoms with van der Waals surface area (Å²) < 4.78 is 27.6. The summed E-state index contributed by atoms with van der Waals surface area (Å²) in [5.41, 5.74) is 1.56. The van der Waals surface area contributed by atoms with Crippen LogP contribution in [-0.2, 0) is 18.1 Å². The van der Waals surface area contributed by atoms with E-state index in [4.69, 9.17) is 13.6 Å². The van der Waals surface area contributed by atoms with Crippen molar-refractivity contribution < 1.29 is 18.1 Å². The van der Waals surface area contributed by atoms with Crippen LogP contribution in [0.2, 0.25) is 0 Å². The first-order chi connectivity index (χ1) is 10.0. The monoisotopic (exact) mass is 309 g/mol. The van der Waals surface area contributed by atoms with Crippen molar-refractivity contribution in [3.8, 4) is 6.07 Å². The summed E-state index contributed by atoms with van der Waals surface area (Å²) in [5, 5.41) is 9.23. The van der Waals surface area contributed by atoms with Gasteiger partial charge in [0.2, 0.25) is 0 Å². The van der Waals surface area contributed by atoms with Crippen LogP contribution in [0.25, 0.3) is 6.08 Å². The van der Waals surface area contributed by atoms with E-state index in [0.717, 1.165) is 5.56 Å². The van der Waals surface area contributed by atoms with Gasteiger partial charge in [-0.2, -0.15) is 5.26 Å². The van der Waals surface area contributed by atoms with Gasteiger partial charge < -0.3 is 0 Å². The molecule has 0 fully saturated rings. The molecule has 1 unspecified atom stereocenters. The Kier molecular flexibility index (Phi) is 7.35. The summed E-state index contributed by atoms with van der Waals surface area (Å²) in [7, 11) is -3.71. The van der Waals surface area contributed by atoms with E-state index in [9.17, 15) is 9.83 Å². The van der Waals surface area contributed by atoms with Crippen molar-refractivity contribution in [2.75, 3.05) is 13.2 Å². The maximum absolute atomic E-state index is 12.3. The number of phosphoric ester groups is 1. The summed E-state index contributed by atoms with van der Waals surface area (Å²) in [6.07, 6.45) is 0.810. The molecule has 6 heteroatoms. The van der Waals surface area contributed by atoms with Gasteiger partial charge in [-0.3, -0.25) is 13.6 Å². The fourth-order valence-corrected chi connectivity index (χ4v) is 2.94. The standard InChI is InChI=1S/C15H20NO4P/c1-4-18-21(17,19-5-2)20-15(12-16)13(3)11-14-9-7-6-8-10-14/h6-11,15H,4-5H2,1-3H3/b13-11+. The summed E-state index contributed by atoms with van der Waals surface area (Å²) in [6, 6.07) is 11.5. The lowest BCUT2D eigenvalue weighted by atomic mass is 10.1. The fourth-order valence-electron chi connectivity index (χ4n) is 1.64. The van der Waals surface area contributed by atoms with Crippen molar-refractivity contribution >= 4 is 13.9 Å². The van der Waals surface area contributed by atoms with Crippen LogP contribution in [0, 0.1) is 11.3 Å². The van der Waals surface area contributed by atoms with Gasteiger partial charge in [0.15, 0.2) is 6.10 Å². The molecule has 5 nitrogen and oxygen atoms in total.